The molecule has 0 amide bonds. The van der Waals surface area contributed by atoms with Gasteiger partial charge in [0, 0.05) is 17.2 Å². The second kappa shape index (κ2) is 4.70. The summed E-state index contributed by atoms with van der Waals surface area (Å²) in [7, 11) is 0. The fraction of sp³-hybridized carbons (Fsp3) is 0.455. The molecule has 1 aromatic carbocycles. The summed E-state index contributed by atoms with van der Waals surface area (Å²) in [6, 6.07) is 4.36. The molecule has 0 saturated heterocycles. The normalized spacial score (nSPS) is 14.8. The molecule has 1 fully saturated rings. The van der Waals surface area contributed by atoms with Gasteiger partial charge in [-0.25, -0.2) is 0 Å². The summed E-state index contributed by atoms with van der Waals surface area (Å²) in [5.74, 6) is 1.01. The molecule has 0 radical (unpaired) electrons. The Bertz CT molecular complexity index is 404. The molecule has 0 bridgehead atoms. The Kier molecular flexibility index (Phi) is 3.29. The van der Waals surface area contributed by atoms with Crippen LogP contribution in [0, 0.1) is 16.0 Å². The molecule has 1 aliphatic rings. The van der Waals surface area contributed by atoms with Gasteiger partial charge in [0.1, 0.15) is 0 Å². The van der Waals surface area contributed by atoms with Crippen LogP contribution < -0.4 is 4.74 Å². The van der Waals surface area contributed by atoms with E-state index < -0.39 is 4.92 Å². The first kappa shape index (κ1) is 11.2. The third-order valence-electron chi connectivity index (χ3n) is 2.60. The van der Waals surface area contributed by atoms with Crippen molar-refractivity contribution in [2.24, 2.45) is 5.92 Å². The number of hydrogen-bond acceptors (Lipinski definition) is 3. The number of halogens is 1. The SMILES string of the molecule is O=[N+]([O-])c1ccc(Cl)cc1OCCC1CC1. The van der Waals surface area contributed by atoms with Crippen molar-refractivity contribution in [2.45, 2.75) is 19.3 Å². The maximum atomic E-state index is 10.7. The lowest BCUT2D eigenvalue weighted by atomic mass is 10.3. The number of nitrogens with zero attached hydrogens (tertiary/aromatic N) is 1. The van der Waals surface area contributed by atoms with Crippen molar-refractivity contribution in [3.63, 3.8) is 0 Å². The Morgan fingerprint density at radius 2 is 2.25 bits per heavy atom. The highest BCUT2D eigenvalue weighted by atomic mass is 35.5. The van der Waals surface area contributed by atoms with Crippen molar-refractivity contribution < 1.29 is 9.66 Å². The smallest absolute Gasteiger partial charge is 0.311 e. The maximum Gasteiger partial charge on any atom is 0.311 e. The van der Waals surface area contributed by atoms with Gasteiger partial charge in [0.05, 0.1) is 11.5 Å². The van der Waals surface area contributed by atoms with E-state index in [1.807, 2.05) is 0 Å². The van der Waals surface area contributed by atoms with Gasteiger partial charge in [-0.1, -0.05) is 24.4 Å². The van der Waals surface area contributed by atoms with Gasteiger partial charge in [0.15, 0.2) is 5.75 Å². The number of rotatable bonds is 5. The van der Waals surface area contributed by atoms with Crippen LogP contribution in [-0.4, -0.2) is 11.5 Å². The molecule has 0 heterocycles. The Morgan fingerprint density at radius 3 is 2.88 bits per heavy atom. The zero-order valence-corrected chi connectivity index (χ0v) is 9.44. The fourth-order valence-electron chi connectivity index (χ4n) is 1.50. The largest absolute Gasteiger partial charge is 0.487 e. The molecular formula is C11H12ClNO3. The highest BCUT2D eigenvalue weighted by molar-refractivity contribution is 6.30. The number of benzene rings is 1. The first-order valence-corrected chi connectivity index (χ1v) is 5.61. The van der Waals surface area contributed by atoms with Gasteiger partial charge < -0.3 is 4.74 Å². The standard InChI is InChI=1S/C11H12ClNO3/c12-9-3-4-10(13(14)15)11(7-9)16-6-5-8-1-2-8/h3-4,7-8H,1-2,5-6H2. The molecule has 0 aromatic heterocycles. The average Bonchev–Trinajstić information content (AvgIpc) is 3.01. The van der Waals surface area contributed by atoms with Gasteiger partial charge >= 0.3 is 5.69 Å². The van der Waals surface area contributed by atoms with Crippen molar-refractivity contribution in [3.8, 4) is 5.75 Å². The van der Waals surface area contributed by atoms with Gasteiger partial charge in [-0.15, -0.1) is 0 Å². The van der Waals surface area contributed by atoms with E-state index in [1.165, 1.54) is 31.0 Å². The van der Waals surface area contributed by atoms with Crippen LogP contribution in [0.25, 0.3) is 0 Å². The minimum absolute atomic E-state index is 0.0276. The summed E-state index contributed by atoms with van der Waals surface area (Å²) in [6.45, 7) is 0.520. The van der Waals surface area contributed by atoms with E-state index in [2.05, 4.69) is 0 Å². The van der Waals surface area contributed by atoms with Crippen LogP contribution >= 0.6 is 11.6 Å². The summed E-state index contributed by atoms with van der Waals surface area (Å²) in [6.07, 6.45) is 3.46. The van der Waals surface area contributed by atoms with E-state index in [0.717, 1.165) is 12.3 Å². The molecule has 4 nitrogen and oxygen atoms in total. The zero-order valence-electron chi connectivity index (χ0n) is 8.69. The molecule has 16 heavy (non-hydrogen) atoms. The number of ether oxygens (including phenoxy) is 1. The first-order chi connectivity index (χ1) is 7.66. The summed E-state index contributed by atoms with van der Waals surface area (Å²) in [5, 5.41) is 11.2. The van der Waals surface area contributed by atoms with Crippen molar-refractivity contribution in [1.82, 2.24) is 0 Å². The van der Waals surface area contributed by atoms with Crippen molar-refractivity contribution in [3.05, 3.63) is 33.3 Å². The highest BCUT2D eigenvalue weighted by Gasteiger charge is 2.22. The van der Waals surface area contributed by atoms with Crippen molar-refractivity contribution >= 4 is 17.3 Å². The summed E-state index contributed by atoms with van der Waals surface area (Å²) in [5.41, 5.74) is -0.0276. The molecule has 0 unspecified atom stereocenters. The molecule has 0 spiro atoms. The van der Waals surface area contributed by atoms with Crippen molar-refractivity contribution in [2.75, 3.05) is 6.61 Å². The monoisotopic (exact) mass is 241 g/mol. The predicted molar refractivity (Wildman–Crippen MR) is 60.9 cm³/mol. The quantitative estimate of drug-likeness (QED) is 0.586. The number of nitro benzene ring substituents is 1. The highest BCUT2D eigenvalue weighted by Crippen LogP contribution is 2.34. The number of nitro groups is 1. The van der Waals surface area contributed by atoms with Crippen LogP contribution in [0.5, 0.6) is 5.75 Å². The second-order valence-electron chi connectivity index (χ2n) is 3.95. The van der Waals surface area contributed by atoms with Crippen LogP contribution in [0.15, 0.2) is 18.2 Å². The van der Waals surface area contributed by atoms with E-state index in [1.54, 1.807) is 0 Å². The molecule has 0 atom stereocenters. The predicted octanol–water partition coefficient (Wildman–Crippen LogP) is 3.43. The van der Waals surface area contributed by atoms with Gasteiger partial charge in [0.25, 0.3) is 0 Å². The molecular weight excluding hydrogens is 230 g/mol. The lowest BCUT2D eigenvalue weighted by molar-refractivity contribution is -0.385. The Hall–Kier alpha value is -1.29. The third kappa shape index (κ3) is 2.85. The van der Waals surface area contributed by atoms with Crippen LogP contribution in [-0.2, 0) is 0 Å². The Labute approximate surface area is 98.3 Å². The Morgan fingerprint density at radius 1 is 1.50 bits per heavy atom. The van der Waals surface area contributed by atoms with Crippen LogP contribution in [0.1, 0.15) is 19.3 Å². The van der Waals surface area contributed by atoms with Gasteiger partial charge in [-0.3, -0.25) is 10.1 Å². The van der Waals surface area contributed by atoms with Crippen LogP contribution in [0.2, 0.25) is 5.02 Å². The maximum absolute atomic E-state index is 10.7. The minimum atomic E-state index is -0.456. The van der Waals surface area contributed by atoms with Crippen LogP contribution in [0.4, 0.5) is 5.69 Å². The van der Waals surface area contributed by atoms with Gasteiger partial charge in [-0.2, -0.15) is 0 Å². The lowest BCUT2D eigenvalue weighted by Crippen LogP contribution is -2.01. The van der Waals surface area contributed by atoms with E-state index in [-0.39, 0.29) is 11.4 Å². The van der Waals surface area contributed by atoms with Gasteiger partial charge in [0.2, 0.25) is 0 Å². The molecule has 86 valence electrons. The molecule has 1 aromatic rings. The minimum Gasteiger partial charge on any atom is -0.487 e. The summed E-state index contributed by atoms with van der Waals surface area (Å²) < 4.78 is 5.40. The summed E-state index contributed by atoms with van der Waals surface area (Å²) >= 11 is 5.77. The molecule has 5 heteroatoms. The van der Waals surface area contributed by atoms with E-state index in [9.17, 15) is 10.1 Å². The first-order valence-electron chi connectivity index (χ1n) is 5.23. The zero-order chi connectivity index (χ0) is 11.5. The molecule has 1 saturated carbocycles. The molecule has 1 aliphatic carbocycles. The van der Waals surface area contributed by atoms with Gasteiger partial charge in [-0.05, 0) is 18.4 Å². The van der Waals surface area contributed by atoms with E-state index in [0.29, 0.717) is 11.6 Å². The number of hydrogen-bond donors (Lipinski definition) is 0. The average molecular weight is 242 g/mol. The second-order valence-corrected chi connectivity index (χ2v) is 4.39. The molecule has 0 aliphatic heterocycles. The topological polar surface area (TPSA) is 52.4 Å². The Balaban J connectivity index is 2.03. The third-order valence-corrected chi connectivity index (χ3v) is 2.83. The molecule has 0 N–H and O–H groups in total. The van der Waals surface area contributed by atoms with Crippen molar-refractivity contribution in [1.29, 1.82) is 0 Å². The molecule has 2 rings (SSSR count). The van der Waals surface area contributed by atoms with E-state index in [4.69, 9.17) is 16.3 Å². The fourth-order valence-corrected chi connectivity index (χ4v) is 1.66. The van der Waals surface area contributed by atoms with E-state index >= 15 is 0 Å². The summed E-state index contributed by atoms with van der Waals surface area (Å²) in [4.78, 5) is 10.3. The van der Waals surface area contributed by atoms with Crippen LogP contribution in [0.3, 0.4) is 0 Å². The lowest BCUT2D eigenvalue weighted by Gasteiger charge is -2.06.